The van der Waals surface area contributed by atoms with Crippen LogP contribution in [0.25, 0.3) is 0 Å². The predicted molar refractivity (Wildman–Crippen MR) is 148 cm³/mol. The number of anilines is 2. The van der Waals surface area contributed by atoms with Gasteiger partial charge in [-0.05, 0) is 57.1 Å². The fourth-order valence-corrected chi connectivity index (χ4v) is 4.53. The molecule has 0 saturated carbocycles. The van der Waals surface area contributed by atoms with Crippen LogP contribution in [-0.4, -0.2) is 63.0 Å². The third-order valence-corrected chi connectivity index (χ3v) is 6.72. The first-order chi connectivity index (χ1) is 16.5. The van der Waals surface area contributed by atoms with Crippen LogP contribution in [0.5, 0.6) is 0 Å². The van der Waals surface area contributed by atoms with Crippen LogP contribution in [0.3, 0.4) is 0 Å². The quantitative estimate of drug-likeness (QED) is 0.371. The maximum Gasteiger partial charge on any atom is 0.116 e. The zero-order valence-corrected chi connectivity index (χ0v) is 21.8. The highest BCUT2D eigenvalue weighted by Gasteiger charge is 2.18. The summed E-state index contributed by atoms with van der Waals surface area (Å²) in [6.07, 6.45) is 1.87. The maximum atomic E-state index is 8.81. The summed E-state index contributed by atoms with van der Waals surface area (Å²) in [5.74, 6) is 0. The lowest BCUT2D eigenvalue weighted by Gasteiger charge is -2.35. The molecular weight excluding hydrogens is 440 g/mol. The molecule has 0 bridgehead atoms. The Morgan fingerprint density at radius 3 is 2.29 bits per heavy atom. The van der Waals surface area contributed by atoms with Crippen LogP contribution in [0.1, 0.15) is 25.8 Å². The van der Waals surface area contributed by atoms with Crippen molar-refractivity contribution in [2.45, 2.75) is 38.1 Å². The number of thioether (sulfide) groups is 1. The number of piperazine rings is 1. The van der Waals surface area contributed by atoms with E-state index in [2.05, 4.69) is 89.4 Å². The molecule has 184 valence electrons. The molecule has 0 amide bonds. The number of benzene rings is 2. The van der Waals surface area contributed by atoms with Gasteiger partial charge in [-0.1, -0.05) is 49.0 Å². The van der Waals surface area contributed by atoms with Crippen molar-refractivity contribution in [2.75, 3.05) is 55.6 Å². The number of rotatable bonds is 5. The van der Waals surface area contributed by atoms with E-state index in [0.717, 1.165) is 45.4 Å². The Morgan fingerprint density at radius 1 is 1.06 bits per heavy atom. The highest BCUT2D eigenvalue weighted by molar-refractivity contribution is 8.02. The molecule has 2 aromatic carbocycles. The predicted octanol–water partition coefficient (Wildman–Crippen LogP) is 4.96. The summed E-state index contributed by atoms with van der Waals surface area (Å²) in [6, 6.07) is 17.7. The summed E-state index contributed by atoms with van der Waals surface area (Å²) in [5, 5.41) is 1.90. The fourth-order valence-electron chi connectivity index (χ4n) is 3.96. The number of nitrogens with zero attached hydrogens (tertiary/aromatic N) is 3. The van der Waals surface area contributed by atoms with E-state index >= 15 is 0 Å². The van der Waals surface area contributed by atoms with Gasteiger partial charge in [-0.3, -0.25) is 0 Å². The molecule has 1 atom stereocenters. The molecular formula is C28H40N4OS. The fraction of sp³-hybridized carbons (Fsp3) is 0.429. The largest absolute Gasteiger partial charge is 0.370 e. The van der Waals surface area contributed by atoms with Gasteiger partial charge >= 0.3 is 0 Å². The maximum absolute atomic E-state index is 8.81. The molecule has 2 fully saturated rings. The third kappa shape index (κ3) is 9.40. The summed E-state index contributed by atoms with van der Waals surface area (Å²) in [7, 11) is 0. The van der Waals surface area contributed by atoms with Gasteiger partial charge in [-0.25, -0.2) is 0 Å². The highest BCUT2D eigenvalue weighted by Crippen LogP contribution is 2.25. The molecule has 2 saturated heterocycles. The number of hydrogen-bond donors (Lipinski definition) is 1. The first-order valence-corrected chi connectivity index (χ1v) is 12.9. The molecule has 4 rings (SSSR count). The molecule has 0 aromatic heterocycles. The lowest BCUT2D eigenvalue weighted by molar-refractivity contribution is -0.106. The molecule has 6 heteroatoms. The van der Waals surface area contributed by atoms with E-state index in [1.165, 1.54) is 41.8 Å². The normalized spacial score (nSPS) is 17.6. The number of carbonyl (C=O) groups is 1. The van der Waals surface area contributed by atoms with E-state index in [1.54, 1.807) is 11.8 Å². The van der Waals surface area contributed by atoms with Crippen LogP contribution >= 0.6 is 11.8 Å². The molecule has 1 unspecified atom stereocenters. The van der Waals surface area contributed by atoms with Crippen molar-refractivity contribution in [3.63, 3.8) is 0 Å². The second-order valence-corrected chi connectivity index (χ2v) is 9.37. The van der Waals surface area contributed by atoms with Crippen molar-refractivity contribution >= 4 is 29.4 Å². The van der Waals surface area contributed by atoms with Gasteiger partial charge in [-0.15, -0.1) is 5.73 Å². The van der Waals surface area contributed by atoms with E-state index < -0.39 is 0 Å². The van der Waals surface area contributed by atoms with Crippen molar-refractivity contribution in [1.82, 2.24) is 4.90 Å². The van der Waals surface area contributed by atoms with Gasteiger partial charge < -0.3 is 25.2 Å². The SMILES string of the molecule is C=C=CSc1cccc(N2CCN(CC)CC2)c1.CC=O.Cc1ccc(N2CCC(N)C2)cc1. The second-order valence-electron chi connectivity index (χ2n) is 8.42. The smallest absolute Gasteiger partial charge is 0.116 e. The minimum absolute atomic E-state index is 0.362. The summed E-state index contributed by atoms with van der Waals surface area (Å²) in [4.78, 5) is 17.4. The molecule has 2 aliphatic heterocycles. The van der Waals surface area contributed by atoms with Crippen LogP contribution in [-0.2, 0) is 4.79 Å². The number of carbonyl (C=O) groups excluding carboxylic acids is 1. The van der Waals surface area contributed by atoms with Crippen molar-refractivity contribution in [2.24, 2.45) is 5.73 Å². The summed E-state index contributed by atoms with van der Waals surface area (Å²) >= 11 is 1.67. The topological polar surface area (TPSA) is 52.8 Å². The van der Waals surface area contributed by atoms with E-state index in [1.807, 2.05) is 5.41 Å². The molecule has 2 heterocycles. The Hall–Kier alpha value is -2.50. The standard InChI is InChI=1S/C15H20N2S.C11H16N2.C2H4O/c1-3-12-18-15-7-5-6-14(13-15)17-10-8-16(4-2)9-11-17;1-9-2-4-11(5-3-9)13-7-6-10(12)8-13;1-2-3/h5-7,12-13H,1,4,8-11H2,2H3;2-5,10H,6-8,12H2,1H3;2H,1H3. The molecule has 2 aromatic rings. The average molecular weight is 481 g/mol. The van der Waals surface area contributed by atoms with Gasteiger partial charge in [0.1, 0.15) is 6.29 Å². The Morgan fingerprint density at radius 2 is 1.74 bits per heavy atom. The van der Waals surface area contributed by atoms with Gasteiger partial charge in [0.05, 0.1) is 0 Å². The van der Waals surface area contributed by atoms with Crippen molar-refractivity contribution in [3.05, 3.63) is 71.8 Å². The number of hydrogen-bond acceptors (Lipinski definition) is 6. The Labute approximate surface area is 210 Å². The lowest BCUT2D eigenvalue weighted by atomic mass is 10.2. The number of nitrogens with two attached hydrogens (primary N) is 1. The minimum atomic E-state index is 0.362. The zero-order chi connectivity index (χ0) is 24.8. The molecule has 2 aliphatic rings. The monoisotopic (exact) mass is 480 g/mol. The number of likely N-dealkylation sites (N-methyl/N-ethyl adjacent to an activating group) is 1. The minimum Gasteiger partial charge on any atom is -0.370 e. The van der Waals surface area contributed by atoms with E-state index in [-0.39, 0.29) is 0 Å². The van der Waals surface area contributed by atoms with Crippen molar-refractivity contribution < 1.29 is 4.79 Å². The highest BCUT2D eigenvalue weighted by atomic mass is 32.2. The number of aldehydes is 1. The molecule has 0 aliphatic carbocycles. The van der Waals surface area contributed by atoms with Gasteiger partial charge in [0.15, 0.2) is 0 Å². The van der Waals surface area contributed by atoms with Crippen molar-refractivity contribution in [1.29, 1.82) is 0 Å². The van der Waals surface area contributed by atoms with E-state index in [9.17, 15) is 0 Å². The van der Waals surface area contributed by atoms with Crippen LogP contribution < -0.4 is 15.5 Å². The van der Waals surface area contributed by atoms with Gasteiger partial charge in [0.2, 0.25) is 0 Å². The first kappa shape index (κ1) is 27.7. The van der Waals surface area contributed by atoms with Crippen LogP contribution in [0, 0.1) is 6.92 Å². The molecule has 0 spiro atoms. The Kier molecular flexibility index (Phi) is 12.6. The summed E-state index contributed by atoms with van der Waals surface area (Å²) < 4.78 is 0. The van der Waals surface area contributed by atoms with Crippen LogP contribution in [0.4, 0.5) is 11.4 Å². The third-order valence-electron chi connectivity index (χ3n) is 5.90. The van der Waals surface area contributed by atoms with Gasteiger partial charge in [-0.2, -0.15) is 0 Å². The molecule has 34 heavy (non-hydrogen) atoms. The first-order valence-electron chi connectivity index (χ1n) is 12.1. The Bertz CT molecular complexity index is 903. The van der Waals surface area contributed by atoms with Crippen LogP contribution in [0.2, 0.25) is 0 Å². The van der Waals surface area contributed by atoms with Crippen molar-refractivity contribution in [3.8, 4) is 0 Å². The molecule has 2 N–H and O–H groups in total. The average Bonchev–Trinajstić information content (AvgIpc) is 3.30. The number of aryl methyl sites for hydroxylation is 1. The molecule has 0 radical (unpaired) electrons. The second kappa shape index (κ2) is 15.4. The summed E-state index contributed by atoms with van der Waals surface area (Å²) in [6.45, 7) is 17.2. The zero-order valence-electron chi connectivity index (χ0n) is 21.0. The lowest BCUT2D eigenvalue weighted by Crippen LogP contribution is -2.46. The van der Waals surface area contributed by atoms with Gasteiger partial charge in [0, 0.05) is 67.0 Å². The molecule has 5 nitrogen and oxygen atoms in total. The van der Waals surface area contributed by atoms with E-state index in [0.29, 0.717) is 6.04 Å². The van der Waals surface area contributed by atoms with Crippen LogP contribution in [0.15, 0.2) is 71.1 Å². The Balaban J connectivity index is 0.000000224. The van der Waals surface area contributed by atoms with Gasteiger partial charge in [0.25, 0.3) is 0 Å². The van der Waals surface area contributed by atoms with E-state index in [4.69, 9.17) is 10.5 Å². The summed E-state index contributed by atoms with van der Waals surface area (Å²) in [5.41, 5.74) is 12.6.